The Bertz CT molecular complexity index is 520. The number of esters is 1. The first kappa shape index (κ1) is 14.7. The van der Waals surface area contributed by atoms with Gasteiger partial charge in [-0.05, 0) is 38.5 Å². The van der Waals surface area contributed by atoms with E-state index < -0.39 is 23.5 Å². The minimum atomic E-state index is -1.38. The lowest BCUT2D eigenvalue weighted by Gasteiger charge is -2.22. The van der Waals surface area contributed by atoms with Crippen LogP contribution in [0.2, 0.25) is 0 Å². The van der Waals surface area contributed by atoms with Gasteiger partial charge in [0.2, 0.25) is 0 Å². The van der Waals surface area contributed by atoms with Crippen molar-refractivity contribution in [3.8, 4) is 6.07 Å². The minimum absolute atomic E-state index is 0.292. The van der Waals surface area contributed by atoms with Crippen LogP contribution < -0.4 is 0 Å². The molecule has 1 unspecified atom stereocenters. The number of hydrogen-bond acceptors (Lipinski definition) is 4. The van der Waals surface area contributed by atoms with Crippen LogP contribution in [-0.4, -0.2) is 22.6 Å². The Labute approximate surface area is 111 Å². The van der Waals surface area contributed by atoms with Gasteiger partial charge in [0.15, 0.2) is 5.92 Å². The molecule has 5 heteroatoms. The molecule has 1 rings (SSSR count). The van der Waals surface area contributed by atoms with Crippen LogP contribution in [0, 0.1) is 11.3 Å². The first-order chi connectivity index (χ1) is 8.74. The van der Waals surface area contributed by atoms with Gasteiger partial charge in [0.05, 0.1) is 11.6 Å². The Morgan fingerprint density at radius 2 is 1.79 bits per heavy atom. The summed E-state index contributed by atoms with van der Waals surface area (Å²) in [6, 6.07) is 7.75. The van der Waals surface area contributed by atoms with Crippen molar-refractivity contribution < 1.29 is 19.4 Å². The predicted octanol–water partition coefficient (Wildman–Crippen LogP) is 2.07. The van der Waals surface area contributed by atoms with Crippen LogP contribution in [0.4, 0.5) is 0 Å². The van der Waals surface area contributed by atoms with E-state index in [9.17, 15) is 9.59 Å². The molecule has 1 aromatic rings. The normalized spacial score (nSPS) is 12.3. The number of benzene rings is 1. The van der Waals surface area contributed by atoms with E-state index in [1.54, 1.807) is 20.8 Å². The third kappa shape index (κ3) is 4.11. The zero-order chi connectivity index (χ0) is 14.6. The van der Waals surface area contributed by atoms with Crippen molar-refractivity contribution in [3.63, 3.8) is 0 Å². The third-order valence-corrected chi connectivity index (χ3v) is 2.26. The van der Waals surface area contributed by atoms with Gasteiger partial charge in [-0.1, -0.05) is 12.1 Å². The summed E-state index contributed by atoms with van der Waals surface area (Å²) in [4.78, 5) is 23.1. The first-order valence-electron chi connectivity index (χ1n) is 5.70. The topological polar surface area (TPSA) is 87.4 Å². The van der Waals surface area contributed by atoms with Crippen LogP contribution in [0.3, 0.4) is 0 Å². The molecule has 0 aliphatic heterocycles. The highest BCUT2D eigenvalue weighted by Gasteiger charge is 2.32. The summed E-state index contributed by atoms with van der Waals surface area (Å²) in [6.07, 6.45) is 0. The van der Waals surface area contributed by atoms with Crippen LogP contribution in [0.25, 0.3) is 0 Å². The number of hydrogen-bond donors (Lipinski definition) is 1. The van der Waals surface area contributed by atoms with Crippen molar-refractivity contribution in [2.24, 2.45) is 0 Å². The highest BCUT2D eigenvalue weighted by molar-refractivity contribution is 6.00. The van der Waals surface area contributed by atoms with Gasteiger partial charge in [-0.25, -0.2) is 0 Å². The van der Waals surface area contributed by atoms with Gasteiger partial charge in [-0.3, -0.25) is 9.59 Å². The lowest BCUT2D eigenvalue weighted by Crippen LogP contribution is -2.31. The van der Waals surface area contributed by atoms with E-state index in [0.717, 1.165) is 0 Å². The second-order valence-electron chi connectivity index (χ2n) is 5.04. The summed E-state index contributed by atoms with van der Waals surface area (Å²) in [7, 11) is 0. The largest absolute Gasteiger partial charge is 0.480 e. The molecule has 0 aliphatic rings. The molecule has 0 aromatic heterocycles. The smallest absolute Gasteiger partial charge is 0.325 e. The summed E-state index contributed by atoms with van der Waals surface area (Å²) in [5.74, 6) is -3.48. The Hall–Kier alpha value is -2.35. The summed E-state index contributed by atoms with van der Waals surface area (Å²) >= 11 is 0. The molecule has 0 saturated heterocycles. The molecule has 100 valence electrons. The summed E-state index contributed by atoms with van der Waals surface area (Å²) in [5.41, 5.74) is -0.0602. The van der Waals surface area contributed by atoms with Crippen molar-refractivity contribution in [1.29, 1.82) is 5.26 Å². The Kier molecular flexibility index (Phi) is 4.28. The monoisotopic (exact) mass is 261 g/mol. The highest BCUT2D eigenvalue weighted by Crippen LogP contribution is 2.21. The van der Waals surface area contributed by atoms with Gasteiger partial charge in [0.1, 0.15) is 5.60 Å². The summed E-state index contributed by atoms with van der Waals surface area (Å²) in [6.45, 7) is 5.01. The van der Waals surface area contributed by atoms with Crippen LogP contribution in [0.15, 0.2) is 24.3 Å². The average molecular weight is 261 g/mol. The number of aliphatic carboxylic acids is 1. The molecule has 0 bridgehead atoms. The fourth-order valence-corrected chi connectivity index (χ4v) is 1.49. The number of nitrogens with zero attached hydrogens (tertiary/aromatic N) is 1. The Morgan fingerprint density at radius 3 is 2.16 bits per heavy atom. The van der Waals surface area contributed by atoms with Crippen molar-refractivity contribution in [1.82, 2.24) is 0 Å². The molecule has 0 saturated carbocycles. The number of ether oxygens (including phenoxy) is 1. The lowest BCUT2D eigenvalue weighted by molar-refractivity contribution is -0.162. The molecular weight excluding hydrogens is 246 g/mol. The van der Waals surface area contributed by atoms with Crippen molar-refractivity contribution in [3.05, 3.63) is 35.4 Å². The second kappa shape index (κ2) is 5.53. The fourth-order valence-electron chi connectivity index (χ4n) is 1.49. The Morgan fingerprint density at radius 1 is 1.26 bits per heavy atom. The van der Waals surface area contributed by atoms with Gasteiger partial charge in [0, 0.05) is 0 Å². The van der Waals surface area contributed by atoms with Crippen molar-refractivity contribution in [2.45, 2.75) is 32.3 Å². The van der Waals surface area contributed by atoms with Crippen LogP contribution in [0.5, 0.6) is 0 Å². The summed E-state index contributed by atoms with van der Waals surface area (Å²) in [5, 5.41) is 17.8. The quantitative estimate of drug-likeness (QED) is 0.664. The average Bonchev–Trinajstić information content (AvgIpc) is 2.27. The van der Waals surface area contributed by atoms with E-state index >= 15 is 0 Å². The van der Waals surface area contributed by atoms with Crippen molar-refractivity contribution in [2.75, 3.05) is 0 Å². The van der Waals surface area contributed by atoms with Crippen LogP contribution >= 0.6 is 0 Å². The number of carbonyl (C=O) groups excluding carboxylic acids is 1. The van der Waals surface area contributed by atoms with Gasteiger partial charge < -0.3 is 9.84 Å². The molecule has 1 aromatic carbocycles. The molecule has 0 fully saturated rings. The van der Waals surface area contributed by atoms with E-state index in [2.05, 4.69) is 0 Å². The van der Waals surface area contributed by atoms with Gasteiger partial charge in [-0.15, -0.1) is 0 Å². The number of carboxylic acids is 1. The molecule has 5 nitrogen and oxygen atoms in total. The van der Waals surface area contributed by atoms with Crippen LogP contribution in [0.1, 0.15) is 37.8 Å². The maximum Gasteiger partial charge on any atom is 0.325 e. The lowest BCUT2D eigenvalue weighted by atomic mass is 9.98. The highest BCUT2D eigenvalue weighted by atomic mass is 16.6. The minimum Gasteiger partial charge on any atom is -0.480 e. The zero-order valence-electron chi connectivity index (χ0n) is 11.0. The number of carboxylic acid groups (broad SMARTS) is 1. The maximum atomic E-state index is 11.9. The van der Waals surface area contributed by atoms with Gasteiger partial charge >= 0.3 is 11.9 Å². The van der Waals surface area contributed by atoms with E-state index in [1.165, 1.54) is 24.3 Å². The number of rotatable bonds is 3. The fraction of sp³-hybridized carbons (Fsp3) is 0.357. The number of nitriles is 1. The molecule has 19 heavy (non-hydrogen) atoms. The van der Waals surface area contributed by atoms with Crippen molar-refractivity contribution >= 4 is 11.9 Å². The maximum absolute atomic E-state index is 11.9. The predicted molar refractivity (Wildman–Crippen MR) is 67.4 cm³/mol. The third-order valence-electron chi connectivity index (χ3n) is 2.26. The molecule has 1 N–H and O–H groups in total. The van der Waals surface area contributed by atoms with E-state index in [-0.39, 0.29) is 0 Å². The second-order valence-corrected chi connectivity index (χ2v) is 5.04. The van der Waals surface area contributed by atoms with Gasteiger partial charge in [-0.2, -0.15) is 5.26 Å². The number of carbonyl (C=O) groups is 2. The molecule has 1 atom stereocenters. The zero-order valence-corrected chi connectivity index (χ0v) is 11.0. The molecule has 0 radical (unpaired) electrons. The standard InChI is InChI=1S/C14H15NO4/c1-14(2,3)19-13(18)11(12(16)17)10-6-4-9(8-15)5-7-10/h4-7,11H,1-3H3,(H,16,17). The molecule has 0 aliphatic carbocycles. The molecule has 0 heterocycles. The van der Waals surface area contributed by atoms with E-state index in [1.807, 2.05) is 6.07 Å². The summed E-state index contributed by atoms with van der Waals surface area (Å²) < 4.78 is 5.09. The molecule has 0 spiro atoms. The SMILES string of the molecule is CC(C)(C)OC(=O)C(C(=O)O)c1ccc(C#N)cc1. The van der Waals surface area contributed by atoms with Crippen LogP contribution in [-0.2, 0) is 14.3 Å². The van der Waals surface area contributed by atoms with E-state index in [4.69, 9.17) is 15.1 Å². The molecule has 0 amide bonds. The Balaban J connectivity index is 3.04. The first-order valence-corrected chi connectivity index (χ1v) is 5.70. The van der Waals surface area contributed by atoms with E-state index in [0.29, 0.717) is 11.1 Å². The molecular formula is C14H15NO4. The van der Waals surface area contributed by atoms with Gasteiger partial charge in [0.25, 0.3) is 0 Å².